The van der Waals surface area contributed by atoms with Crippen molar-refractivity contribution in [2.45, 2.75) is 19.9 Å². The Balaban J connectivity index is 1.82. The topological polar surface area (TPSA) is 44.9 Å². The molecule has 4 nitrogen and oxygen atoms in total. The van der Waals surface area contributed by atoms with Crippen LogP contribution in [0.15, 0.2) is 60.9 Å². The van der Waals surface area contributed by atoms with Crippen molar-refractivity contribution in [3.63, 3.8) is 0 Å². The Morgan fingerprint density at radius 3 is 2.59 bits per heavy atom. The zero-order chi connectivity index (χ0) is 18.9. The van der Waals surface area contributed by atoms with Crippen LogP contribution in [0, 0.1) is 16.7 Å². The first-order valence-electron chi connectivity index (χ1n) is 9.38. The molecule has 0 amide bonds. The number of hydrogen-bond acceptors (Lipinski definition) is 3. The third kappa shape index (κ3) is 3.51. The standard InChI is InChI=1S/C23H24N4/c1-23(11-12-26(2)15-23)16-27-17-25-21(19-8-4-3-5-9-19)22(27)20-10-6-7-18(13-20)14-24/h3-10,13,17H,11-12,15-16H2,1-2H3/t23-/m0/s1. The van der Waals surface area contributed by atoms with Gasteiger partial charge in [0.15, 0.2) is 0 Å². The highest BCUT2D eigenvalue weighted by molar-refractivity contribution is 5.79. The van der Waals surface area contributed by atoms with Crippen LogP contribution < -0.4 is 0 Å². The van der Waals surface area contributed by atoms with Gasteiger partial charge in [0.2, 0.25) is 0 Å². The molecule has 0 aliphatic carbocycles. The number of benzene rings is 2. The molecule has 2 aromatic carbocycles. The molecule has 4 rings (SSSR count). The predicted octanol–water partition coefficient (Wildman–Crippen LogP) is 4.43. The van der Waals surface area contributed by atoms with E-state index in [0.717, 1.165) is 42.1 Å². The second-order valence-corrected chi connectivity index (χ2v) is 7.93. The molecule has 4 heteroatoms. The molecule has 0 unspecified atom stereocenters. The lowest BCUT2D eigenvalue weighted by Crippen LogP contribution is -2.27. The summed E-state index contributed by atoms with van der Waals surface area (Å²) in [6.45, 7) is 5.50. The Bertz CT molecular complexity index is 983. The second-order valence-electron chi connectivity index (χ2n) is 7.93. The smallest absolute Gasteiger partial charge is 0.0991 e. The number of rotatable bonds is 4. The van der Waals surface area contributed by atoms with Gasteiger partial charge in [-0.3, -0.25) is 0 Å². The van der Waals surface area contributed by atoms with E-state index < -0.39 is 0 Å². The molecule has 1 atom stereocenters. The molecule has 1 aliphatic heterocycles. The van der Waals surface area contributed by atoms with E-state index in [1.807, 2.05) is 42.7 Å². The van der Waals surface area contributed by atoms with Crippen LogP contribution in [0.5, 0.6) is 0 Å². The van der Waals surface area contributed by atoms with Gasteiger partial charge in [-0.05, 0) is 37.6 Å². The first-order chi connectivity index (χ1) is 13.1. The first-order valence-corrected chi connectivity index (χ1v) is 9.38. The largest absolute Gasteiger partial charge is 0.329 e. The third-order valence-electron chi connectivity index (χ3n) is 5.45. The number of imidazole rings is 1. The lowest BCUT2D eigenvalue weighted by atomic mass is 9.89. The highest BCUT2D eigenvalue weighted by Crippen LogP contribution is 2.36. The molecule has 3 aromatic rings. The Morgan fingerprint density at radius 2 is 1.89 bits per heavy atom. The summed E-state index contributed by atoms with van der Waals surface area (Å²) in [6, 6.07) is 20.4. The van der Waals surface area contributed by atoms with Gasteiger partial charge in [-0.1, -0.05) is 49.4 Å². The van der Waals surface area contributed by atoms with Crippen LogP contribution in [0.4, 0.5) is 0 Å². The third-order valence-corrected chi connectivity index (χ3v) is 5.45. The van der Waals surface area contributed by atoms with Gasteiger partial charge in [0.05, 0.1) is 29.3 Å². The van der Waals surface area contributed by atoms with Crippen molar-refractivity contribution in [1.29, 1.82) is 5.26 Å². The normalized spacial score (nSPS) is 19.9. The molecule has 0 N–H and O–H groups in total. The van der Waals surface area contributed by atoms with Crippen LogP contribution in [-0.4, -0.2) is 34.6 Å². The molecule has 1 aromatic heterocycles. The molecule has 0 radical (unpaired) electrons. The summed E-state index contributed by atoms with van der Waals surface area (Å²) < 4.78 is 2.28. The van der Waals surface area contributed by atoms with E-state index in [2.05, 4.69) is 47.7 Å². The van der Waals surface area contributed by atoms with Gasteiger partial charge in [-0.2, -0.15) is 5.26 Å². The zero-order valence-electron chi connectivity index (χ0n) is 15.9. The van der Waals surface area contributed by atoms with Gasteiger partial charge in [-0.15, -0.1) is 0 Å². The summed E-state index contributed by atoms with van der Waals surface area (Å²) in [6.07, 6.45) is 3.14. The quantitative estimate of drug-likeness (QED) is 0.695. The predicted molar refractivity (Wildman–Crippen MR) is 108 cm³/mol. The molecule has 27 heavy (non-hydrogen) atoms. The van der Waals surface area contributed by atoms with E-state index in [1.165, 1.54) is 6.42 Å². The summed E-state index contributed by atoms with van der Waals surface area (Å²) in [5.74, 6) is 0. The van der Waals surface area contributed by atoms with E-state index in [4.69, 9.17) is 4.98 Å². The van der Waals surface area contributed by atoms with Crippen LogP contribution in [0.3, 0.4) is 0 Å². The summed E-state index contributed by atoms with van der Waals surface area (Å²) in [5, 5.41) is 9.34. The molecule has 136 valence electrons. The SMILES string of the molecule is CN1CC[C@](C)(Cn2cnc(-c3ccccc3)c2-c2cccc(C#N)c2)C1. The molecular weight excluding hydrogens is 332 g/mol. The van der Waals surface area contributed by atoms with Crippen LogP contribution in [0.1, 0.15) is 18.9 Å². The number of nitrogens with zero attached hydrogens (tertiary/aromatic N) is 4. The maximum atomic E-state index is 9.34. The fourth-order valence-electron chi connectivity index (χ4n) is 4.16. The van der Waals surface area contributed by atoms with Crippen molar-refractivity contribution >= 4 is 0 Å². The van der Waals surface area contributed by atoms with E-state index in [-0.39, 0.29) is 5.41 Å². The number of aromatic nitrogens is 2. The molecule has 0 bridgehead atoms. The second kappa shape index (κ2) is 7.02. The van der Waals surface area contributed by atoms with Gasteiger partial charge in [-0.25, -0.2) is 4.98 Å². The van der Waals surface area contributed by atoms with E-state index in [1.54, 1.807) is 0 Å². The lowest BCUT2D eigenvalue weighted by molar-refractivity contribution is 0.270. The minimum Gasteiger partial charge on any atom is -0.329 e. The van der Waals surface area contributed by atoms with E-state index >= 15 is 0 Å². The number of nitriles is 1. The minimum atomic E-state index is 0.227. The number of likely N-dealkylation sites (tertiary alicyclic amines) is 1. The molecule has 2 heterocycles. The molecule has 0 saturated carbocycles. The highest BCUT2D eigenvalue weighted by atomic mass is 15.1. The number of hydrogen-bond donors (Lipinski definition) is 0. The van der Waals surface area contributed by atoms with Crippen molar-refractivity contribution in [2.24, 2.45) is 5.41 Å². The van der Waals surface area contributed by atoms with Gasteiger partial charge >= 0.3 is 0 Å². The van der Waals surface area contributed by atoms with E-state index in [0.29, 0.717) is 5.56 Å². The Morgan fingerprint density at radius 1 is 1.11 bits per heavy atom. The Kier molecular flexibility index (Phi) is 4.55. The molecule has 0 spiro atoms. The summed E-state index contributed by atoms with van der Waals surface area (Å²) in [4.78, 5) is 7.17. The maximum absolute atomic E-state index is 9.34. The van der Waals surface area contributed by atoms with Gasteiger partial charge in [0, 0.05) is 24.2 Å². The first kappa shape index (κ1) is 17.5. The van der Waals surface area contributed by atoms with Crippen LogP contribution in [-0.2, 0) is 6.54 Å². The van der Waals surface area contributed by atoms with Crippen molar-refractivity contribution in [3.8, 4) is 28.6 Å². The van der Waals surface area contributed by atoms with Crippen molar-refractivity contribution in [1.82, 2.24) is 14.5 Å². The zero-order valence-corrected chi connectivity index (χ0v) is 15.9. The summed E-state index contributed by atoms with van der Waals surface area (Å²) in [5.41, 5.74) is 5.11. The van der Waals surface area contributed by atoms with Crippen LogP contribution in [0.25, 0.3) is 22.5 Å². The van der Waals surface area contributed by atoms with Crippen LogP contribution in [0.2, 0.25) is 0 Å². The summed E-state index contributed by atoms with van der Waals surface area (Å²) in [7, 11) is 2.19. The van der Waals surface area contributed by atoms with Gasteiger partial charge in [0.1, 0.15) is 0 Å². The van der Waals surface area contributed by atoms with Crippen LogP contribution >= 0.6 is 0 Å². The monoisotopic (exact) mass is 356 g/mol. The Labute approximate surface area is 160 Å². The van der Waals surface area contributed by atoms with Crippen molar-refractivity contribution < 1.29 is 0 Å². The maximum Gasteiger partial charge on any atom is 0.0991 e. The highest BCUT2D eigenvalue weighted by Gasteiger charge is 2.33. The van der Waals surface area contributed by atoms with Crippen molar-refractivity contribution in [2.75, 3.05) is 20.1 Å². The molecule has 1 aliphatic rings. The van der Waals surface area contributed by atoms with Gasteiger partial charge < -0.3 is 9.47 Å². The van der Waals surface area contributed by atoms with Crippen molar-refractivity contribution in [3.05, 3.63) is 66.5 Å². The average molecular weight is 356 g/mol. The fraction of sp³-hybridized carbons (Fsp3) is 0.304. The minimum absolute atomic E-state index is 0.227. The molecule has 1 saturated heterocycles. The van der Waals surface area contributed by atoms with Gasteiger partial charge in [0.25, 0.3) is 0 Å². The van der Waals surface area contributed by atoms with E-state index in [9.17, 15) is 5.26 Å². The average Bonchev–Trinajstić information content (AvgIpc) is 3.25. The molecular formula is C23H24N4. The molecule has 1 fully saturated rings. The fourth-order valence-corrected chi connectivity index (χ4v) is 4.16. The summed E-state index contributed by atoms with van der Waals surface area (Å²) >= 11 is 0. The lowest BCUT2D eigenvalue weighted by Gasteiger charge is -2.25. The Hall–Kier alpha value is -2.90.